The molecule has 4 nitrogen and oxygen atoms in total. The van der Waals surface area contributed by atoms with E-state index in [9.17, 15) is 4.21 Å². The maximum atomic E-state index is 11.0. The zero-order valence-electron chi connectivity index (χ0n) is 7.14. The van der Waals surface area contributed by atoms with Crippen LogP contribution >= 0.6 is 0 Å². The lowest BCUT2D eigenvalue weighted by Gasteiger charge is -2.01. The summed E-state index contributed by atoms with van der Waals surface area (Å²) in [5.74, 6) is 0.541. The molecule has 0 aliphatic carbocycles. The number of hydrogen-bond donors (Lipinski definition) is 1. The molecule has 1 aromatic rings. The first-order valence-electron chi connectivity index (χ1n) is 3.71. The van der Waals surface area contributed by atoms with Crippen molar-refractivity contribution in [2.45, 2.75) is 6.92 Å². The Kier molecular flexibility index (Phi) is 3.98. The quantitative estimate of drug-likeness (QED) is 0.584. The van der Waals surface area contributed by atoms with E-state index in [1.165, 1.54) is 6.21 Å². The van der Waals surface area contributed by atoms with Gasteiger partial charge >= 0.3 is 11.3 Å². The topological polar surface area (TPSA) is 50.7 Å². The molecule has 13 heavy (non-hydrogen) atoms. The molecule has 1 rings (SSSR count). The molecule has 1 N–H and O–H groups in total. The lowest BCUT2D eigenvalue weighted by Crippen LogP contribution is -2.15. The van der Waals surface area contributed by atoms with Crippen LogP contribution in [-0.4, -0.2) is 10.4 Å². The van der Waals surface area contributed by atoms with Gasteiger partial charge in [-0.1, -0.05) is 18.2 Å². The zero-order valence-corrected chi connectivity index (χ0v) is 7.95. The van der Waals surface area contributed by atoms with Crippen LogP contribution in [0, 0.1) is 0 Å². The number of hydrazone groups is 1. The molecule has 70 valence electrons. The summed E-state index contributed by atoms with van der Waals surface area (Å²) >= 11 is -1.62. The Morgan fingerprint density at radius 2 is 2.15 bits per heavy atom. The fourth-order valence-corrected chi connectivity index (χ4v) is 1.19. The molecule has 1 atom stereocenters. The van der Waals surface area contributed by atoms with Gasteiger partial charge in [0.15, 0.2) is 0 Å². The molecule has 0 heterocycles. The van der Waals surface area contributed by atoms with E-state index in [1.807, 2.05) is 6.07 Å². The Balaban J connectivity index is 2.46. The number of hydrogen-bond acceptors (Lipinski definition) is 3. The van der Waals surface area contributed by atoms with Crippen LogP contribution in [0.2, 0.25) is 0 Å². The first-order valence-corrected chi connectivity index (χ1v) is 4.79. The van der Waals surface area contributed by atoms with Crippen LogP contribution in [0.15, 0.2) is 35.4 Å². The van der Waals surface area contributed by atoms with Crippen molar-refractivity contribution in [2.75, 3.05) is 0 Å². The summed E-state index contributed by atoms with van der Waals surface area (Å²) in [6.45, 7) is 1.71. The molecule has 0 saturated heterocycles. The standard InChI is InChI=1S/C8H10N2O2S/c1-2-9-10-13(11)12-8-6-4-3-5-7-8/h2-7,10H,1H3/b9-2+. The number of nitrogens with one attached hydrogen (secondary N) is 1. The molecular weight excluding hydrogens is 188 g/mol. The molecule has 0 bridgehead atoms. The van der Waals surface area contributed by atoms with Crippen LogP contribution < -0.4 is 9.01 Å². The van der Waals surface area contributed by atoms with Crippen molar-refractivity contribution in [3.8, 4) is 5.75 Å². The smallest absolute Gasteiger partial charge is 0.332 e. The summed E-state index contributed by atoms with van der Waals surface area (Å²) in [6.07, 6.45) is 1.49. The zero-order chi connectivity index (χ0) is 9.52. The minimum absolute atomic E-state index is 0.541. The van der Waals surface area contributed by atoms with Crippen molar-refractivity contribution in [1.82, 2.24) is 4.83 Å². The van der Waals surface area contributed by atoms with Gasteiger partial charge in [-0.15, -0.1) is 0 Å². The normalized spacial score (nSPS) is 12.7. The van der Waals surface area contributed by atoms with Gasteiger partial charge in [0.2, 0.25) is 0 Å². The van der Waals surface area contributed by atoms with Crippen molar-refractivity contribution < 1.29 is 8.39 Å². The minimum Gasteiger partial charge on any atom is -0.384 e. The number of para-hydroxylation sites is 1. The maximum absolute atomic E-state index is 11.0. The highest BCUT2D eigenvalue weighted by atomic mass is 32.2. The Labute approximate surface area is 79.4 Å². The highest BCUT2D eigenvalue weighted by molar-refractivity contribution is 7.78. The van der Waals surface area contributed by atoms with Crippen LogP contribution in [-0.2, 0) is 11.3 Å². The highest BCUT2D eigenvalue weighted by Crippen LogP contribution is 2.08. The fraction of sp³-hybridized carbons (Fsp3) is 0.125. The van der Waals surface area contributed by atoms with Crippen LogP contribution in [0.25, 0.3) is 0 Å². The van der Waals surface area contributed by atoms with Gasteiger partial charge in [0.1, 0.15) is 5.75 Å². The molecule has 1 unspecified atom stereocenters. The third-order valence-corrected chi connectivity index (χ3v) is 1.77. The van der Waals surface area contributed by atoms with E-state index in [0.29, 0.717) is 5.75 Å². The molecule has 5 heteroatoms. The van der Waals surface area contributed by atoms with Crippen molar-refractivity contribution in [1.29, 1.82) is 0 Å². The van der Waals surface area contributed by atoms with Crippen LogP contribution in [0.4, 0.5) is 0 Å². The van der Waals surface area contributed by atoms with Gasteiger partial charge in [0.05, 0.1) is 0 Å². The maximum Gasteiger partial charge on any atom is 0.332 e. The second-order valence-corrected chi connectivity index (χ2v) is 2.93. The molecule has 0 aromatic heterocycles. The van der Waals surface area contributed by atoms with Crippen molar-refractivity contribution in [3.63, 3.8) is 0 Å². The van der Waals surface area contributed by atoms with E-state index in [1.54, 1.807) is 31.2 Å². The van der Waals surface area contributed by atoms with Gasteiger partial charge in [-0.05, 0) is 19.1 Å². The van der Waals surface area contributed by atoms with Gasteiger partial charge in [0, 0.05) is 6.21 Å². The van der Waals surface area contributed by atoms with Gasteiger partial charge in [-0.2, -0.15) is 14.1 Å². The average molecular weight is 198 g/mol. The van der Waals surface area contributed by atoms with E-state index < -0.39 is 11.3 Å². The first-order chi connectivity index (χ1) is 6.33. The van der Waals surface area contributed by atoms with Crippen LogP contribution in [0.1, 0.15) is 6.92 Å². The minimum atomic E-state index is -1.62. The summed E-state index contributed by atoms with van der Waals surface area (Å²) in [5, 5.41) is 3.57. The number of benzene rings is 1. The van der Waals surface area contributed by atoms with Crippen molar-refractivity contribution in [2.24, 2.45) is 5.10 Å². The second kappa shape index (κ2) is 5.31. The molecule has 0 radical (unpaired) electrons. The molecule has 0 fully saturated rings. The Bertz CT molecular complexity index is 300. The molecule has 0 aliphatic heterocycles. The molecule has 0 aliphatic rings. The third kappa shape index (κ3) is 3.71. The molecule has 0 amide bonds. The predicted octanol–water partition coefficient (Wildman–Crippen LogP) is 1.24. The van der Waals surface area contributed by atoms with E-state index in [2.05, 4.69) is 9.93 Å². The van der Waals surface area contributed by atoms with E-state index in [0.717, 1.165) is 0 Å². The summed E-state index contributed by atoms with van der Waals surface area (Å²) in [5.41, 5.74) is 0. The van der Waals surface area contributed by atoms with Gasteiger partial charge in [-0.25, -0.2) is 0 Å². The van der Waals surface area contributed by atoms with Gasteiger partial charge in [-0.3, -0.25) is 0 Å². The summed E-state index contributed by atoms with van der Waals surface area (Å²) < 4.78 is 16.0. The molecule has 1 aromatic carbocycles. The second-order valence-electron chi connectivity index (χ2n) is 2.11. The highest BCUT2D eigenvalue weighted by Gasteiger charge is 1.97. The summed E-state index contributed by atoms with van der Waals surface area (Å²) in [7, 11) is 0. The largest absolute Gasteiger partial charge is 0.384 e. The molecule has 0 saturated carbocycles. The average Bonchev–Trinajstić information content (AvgIpc) is 2.16. The molecular formula is C8H10N2O2S. The monoisotopic (exact) mass is 198 g/mol. The van der Waals surface area contributed by atoms with E-state index in [4.69, 9.17) is 4.18 Å². The van der Waals surface area contributed by atoms with Crippen LogP contribution in [0.5, 0.6) is 5.75 Å². The Morgan fingerprint density at radius 1 is 1.46 bits per heavy atom. The van der Waals surface area contributed by atoms with Crippen LogP contribution in [0.3, 0.4) is 0 Å². The van der Waals surface area contributed by atoms with Crippen molar-refractivity contribution in [3.05, 3.63) is 30.3 Å². The fourth-order valence-electron chi connectivity index (χ4n) is 0.678. The summed E-state index contributed by atoms with van der Waals surface area (Å²) in [6, 6.07) is 8.89. The lowest BCUT2D eigenvalue weighted by atomic mass is 10.3. The predicted molar refractivity (Wildman–Crippen MR) is 52.5 cm³/mol. The number of rotatable bonds is 4. The Hall–Kier alpha value is -1.36. The Morgan fingerprint density at radius 3 is 2.77 bits per heavy atom. The molecule has 0 spiro atoms. The first kappa shape index (κ1) is 9.73. The van der Waals surface area contributed by atoms with Crippen molar-refractivity contribution >= 4 is 17.5 Å². The van der Waals surface area contributed by atoms with Gasteiger partial charge in [0.25, 0.3) is 0 Å². The summed E-state index contributed by atoms with van der Waals surface area (Å²) in [4.78, 5) is 2.30. The lowest BCUT2D eigenvalue weighted by molar-refractivity contribution is 0.550. The van der Waals surface area contributed by atoms with E-state index >= 15 is 0 Å². The van der Waals surface area contributed by atoms with E-state index in [-0.39, 0.29) is 0 Å². The SMILES string of the molecule is C/C=N/NS(=O)Oc1ccccc1. The third-order valence-electron chi connectivity index (χ3n) is 1.17. The van der Waals surface area contributed by atoms with Gasteiger partial charge < -0.3 is 4.18 Å². The number of nitrogens with zero attached hydrogens (tertiary/aromatic N) is 1.